The number of anilines is 1. The Morgan fingerprint density at radius 2 is 1.86 bits per heavy atom. The van der Waals surface area contributed by atoms with E-state index in [9.17, 15) is 0 Å². The lowest BCUT2D eigenvalue weighted by atomic mass is 10.0. The molecule has 1 aromatic heterocycles. The highest BCUT2D eigenvalue weighted by atomic mass is 15.3. The molecule has 1 atom stereocenters. The Kier molecular flexibility index (Phi) is 3.57. The fraction of sp³-hybridized carbons (Fsp3) is 0.765. The summed E-state index contributed by atoms with van der Waals surface area (Å²) in [5.74, 6) is 2.87. The van der Waals surface area contributed by atoms with Gasteiger partial charge in [-0.25, -0.2) is 9.97 Å². The number of aromatic nitrogens is 2. The molecule has 0 amide bonds. The lowest BCUT2D eigenvalue weighted by Gasteiger charge is -2.39. The maximum absolute atomic E-state index is 4.80. The third-order valence-electron chi connectivity index (χ3n) is 5.46. The van der Waals surface area contributed by atoms with Gasteiger partial charge in [0, 0.05) is 37.3 Å². The summed E-state index contributed by atoms with van der Waals surface area (Å²) in [5.41, 5.74) is 0. The molecule has 0 spiro atoms. The molecule has 1 unspecified atom stereocenters. The maximum atomic E-state index is 4.80. The summed E-state index contributed by atoms with van der Waals surface area (Å²) in [4.78, 5) is 14.4. The number of likely N-dealkylation sites (tertiary alicyclic amines) is 1. The van der Waals surface area contributed by atoms with Gasteiger partial charge in [-0.3, -0.25) is 4.90 Å². The van der Waals surface area contributed by atoms with Crippen LogP contribution in [0.2, 0.25) is 0 Å². The van der Waals surface area contributed by atoms with Crippen LogP contribution in [0.15, 0.2) is 12.3 Å². The standard InChI is InChI=1S/C17H26N4/c1-13-3-2-10-21(13)15-7-11-20(12-8-15)16-6-9-18-17(19-16)14-4-5-14/h6,9,13-15H,2-5,7-8,10-12H2,1H3. The fourth-order valence-corrected chi connectivity index (χ4v) is 4.00. The van der Waals surface area contributed by atoms with Crippen LogP contribution >= 0.6 is 0 Å². The largest absolute Gasteiger partial charge is 0.356 e. The first-order valence-corrected chi connectivity index (χ1v) is 8.65. The molecule has 4 heteroatoms. The zero-order chi connectivity index (χ0) is 14.2. The highest BCUT2D eigenvalue weighted by molar-refractivity contribution is 5.38. The van der Waals surface area contributed by atoms with Gasteiger partial charge >= 0.3 is 0 Å². The molecule has 1 saturated carbocycles. The van der Waals surface area contributed by atoms with Gasteiger partial charge in [0.05, 0.1) is 0 Å². The molecule has 2 saturated heterocycles. The zero-order valence-electron chi connectivity index (χ0n) is 13.0. The Morgan fingerprint density at radius 1 is 1.05 bits per heavy atom. The molecule has 1 aliphatic carbocycles. The van der Waals surface area contributed by atoms with Gasteiger partial charge in [-0.05, 0) is 58.1 Å². The number of piperidine rings is 1. The van der Waals surface area contributed by atoms with E-state index in [-0.39, 0.29) is 0 Å². The second kappa shape index (κ2) is 5.56. The molecule has 0 bridgehead atoms. The highest BCUT2D eigenvalue weighted by Gasteiger charge is 2.31. The zero-order valence-corrected chi connectivity index (χ0v) is 13.0. The van der Waals surface area contributed by atoms with E-state index in [0.29, 0.717) is 5.92 Å². The van der Waals surface area contributed by atoms with E-state index >= 15 is 0 Å². The molecular formula is C17H26N4. The fourth-order valence-electron chi connectivity index (χ4n) is 4.00. The summed E-state index contributed by atoms with van der Waals surface area (Å²) in [6, 6.07) is 3.68. The predicted octanol–water partition coefficient (Wildman–Crippen LogP) is 2.81. The first-order chi connectivity index (χ1) is 10.3. The first kappa shape index (κ1) is 13.5. The summed E-state index contributed by atoms with van der Waals surface area (Å²) >= 11 is 0. The van der Waals surface area contributed by atoms with Gasteiger partial charge in [0.15, 0.2) is 0 Å². The van der Waals surface area contributed by atoms with Gasteiger partial charge in [0.25, 0.3) is 0 Å². The van der Waals surface area contributed by atoms with Gasteiger partial charge in [0.1, 0.15) is 11.6 Å². The highest BCUT2D eigenvalue weighted by Crippen LogP contribution is 2.38. The van der Waals surface area contributed by atoms with Gasteiger partial charge in [0.2, 0.25) is 0 Å². The van der Waals surface area contributed by atoms with Crippen LogP contribution < -0.4 is 4.90 Å². The lowest BCUT2D eigenvalue weighted by molar-refractivity contribution is 0.163. The van der Waals surface area contributed by atoms with E-state index in [1.165, 1.54) is 45.1 Å². The van der Waals surface area contributed by atoms with Crippen molar-refractivity contribution in [2.24, 2.45) is 0 Å². The third-order valence-corrected chi connectivity index (χ3v) is 5.46. The molecule has 4 rings (SSSR count). The molecule has 3 fully saturated rings. The molecule has 0 radical (unpaired) electrons. The van der Waals surface area contributed by atoms with Crippen LogP contribution in [0, 0.1) is 0 Å². The van der Waals surface area contributed by atoms with E-state index in [0.717, 1.165) is 36.8 Å². The van der Waals surface area contributed by atoms with Gasteiger partial charge < -0.3 is 4.90 Å². The number of rotatable bonds is 3. The van der Waals surface area contributed by atoms with Crippen LogP contribution in [0.4, 0.5) is 5.82 Å². The SMILES string of the molecule is CC1CCCN1C1CCN(c2ccnc(C3CC3)n2)CC1. The van der Waals surface area contributed by atoms with E-state index < -0.39 is 0 Å². The Labute approximate surface area is 127 Å². The normalized spacial score (nSPS) is 28.2. The Morgan fingerprint density at radius 3 is 2.52 bits per heavy atom. The average Bonchev–Trinajstić information content (AvgIpc) is 3.30. The lowest BCUT2D eigenvalue weighted by Crippen LogP contribution is -2.46. The Hall–Kier alpha value is -1.16. The summed E-state index contributed by atoms with van der Waals surface area (Å²) < 4.78 is 0. The number of nitrogens with zero attached hydrogens (tertiary/aromatic N) is 4. The van der Waals surface area contributed by atoms with E-state index in [1.807, 2.05) is 6.20 Å². The maximum Gasteiger partial charge on any atom is 0.133 e. The van der Waals surface area contributed by atoms with Crippen molar-refractivity contribution in [3.63, 3.8) is 0 Å². The molecule has 3 heterocycles. The van der Waals surface area contributed by atoms with E-state index in [2.05, 4.69) is 27.8 Å². The minimum absolute atomic E-state index is 0.646. The summed E-state index contributed by atoms with van der Waals surface area (Å²) in [7, 11) is 0. The van der Waals surface area contributed by atoms with E-state index in [4.69, 9.17) is 4.98 Å². The minimum Gasteiger partial charge on any atom is -0.356 e. The summed E-state index contributed by atoms with van der Waals surface area (Å²) in [6.07, 6.45) is 9.84. The monoisotopic (exact) mass is 286 g/mol. The second-order valence-electron chi connectivity index (χ2n) is 6.99. The van der Waals surface area contributed by atoms with Crippen molar-refractivity contribution in [2.45, 2.75) is 63.5 Å². The van der Waals surface area contributed by atoms with Crippen molar-refractivity contribution in [3.05, 3.63) is 18.1 Å². The van der Waals surface area contributed by atoms with Crippen molar-refractivity contribution >= 4 is 5.82 Å². The van der Waals surface area contributed by atoms with Gasteiger partial charge in [-0.2, -0.15) is 0 Å². The smallest absolute Gasteiger partial charge is 0.133 e. The van der Waals surface area contributed by atoms with Crippen LogP contribution in [0.3, 0.4) is 0 Å². The topological polar surface area (TPSA) is 32.3 Å². The van der Waals surface area contributed by atoms with Crippen LogP contribution in [0.5, 0.6) is 0 Å². The van der Waals surface area contributed by atoms with E-state index in [1.54, 1.807) is 0 Å². The van der Waals surface area contributed by atoms with Crippen molar-refractivity contribution < 1.29 is 0 Å². The molecule has 2 aliphatic heterocycles. The summed E-state index contributed by atoms with van der Waals surface area (Å²) in [6.45, 7) is 6.00. The molecule has 0 N–H and O–H groups in total. The second-order valence-corrected chi connectivity index (χ2v) is 6.99. The molecule has 21 heavy (non-hydrogen) atoms. The van der Waals surface area contributed by atoms with Crippen molar-refractivity contribution in [1.29, 1.82) is 0 Å². The van der Waals surface area contributed by atoms with Crippen LogP contribution in [0.1, 0.15) is 57.2 Å². The number of hydrogen-bond acceptors (Lipinski definition) is 4. The van der Waals surface area contributed by atoms with Crippen molar-refractivity contribution in [2.75, 3.05) is 24.5 Å². The molecule has 3 aliphatic rings. The molecule has 0 aromatic carbocycles. The first-order valence-electron chi connectivity index (χ1n) is 8.65. The average molecular weight is 286 g/mol. The number of hydrogen-bond donors (Lipinski definition) is 0. The molecule has 114 valence electrons. The van der Waals surface area contributed by atoms with Crippen LogP contribution in [-0.2, 0) is 0 Å². The predicted molar refractivity (Wildman–Crippen MR) is 84.6 cm³/mol. The molecule has 4 nitrogen and oxygen atoms in total. The molecule has 1 aromatic rings. The summed E-state index contributed by atoms with van der Waals surface area (Å²) in [5, 5.41) is 0. The Balaban J connectivity index is 1.39. The molecular weight excluding hydrogens is 260 g/mol. The van der Waals surface area contributed by atoms with Gasteiger partial charge in [-0.15, -0.1) is 0 Å². The van der Waals surface area contributed by atoms with Crippen molar-refractivity contribution in [1.82, 2.24) is 14.9 Å². The Bertz CT molecular complexity index is 491. The van der Waals surface area contributed by atoms with Crippen molar-refractivity contribution in [3.8, 4) is 0 Å². The minimum atomic E-state index is 0.646. The van der Waals surface area contributed by atoms with Gasteiger partial charge in [-0.1, -0.05) is 0 Å². The third kappa shape index (κ3) is 2.78. The van der Waals surface area contributed by atoms with Crippen LogP contribution in [-0.4, -0.2) is 46.6 Å². The van der Waals surface area contributed by atoms with Crippen LogP contribution in [0.25, 0.3) is 0 Å². The quantitative estimate of drug-likeness (QED) is 0.855.